The summed E-state index contributed by atoms with van der Waals surface area (Å²) in [6.07, 6.45) is 0.664. The van der Waals surface area contributed by atoms with Crippen LogP contribution >= 0.6 is 0 Å². The molecule has 0 unspecified atom stereocenters. The highest BCUT2D eigenvalue weighted by Gasteiger charge is 2.42. The van der Waals surface area contributed by atoms with Gasteiger partial charge in [-0.05, 0) is 33.8 Å². The molecule has 5 heteroatoms. The fourth-order valence-corrected chi connectivity index (χ4v) is 2.84. The van der Waals surface area contributed by atoms with Gasteiger partial charge < -0.3 is 9.47 Å². The first-order chi connectivity index (χ1) is 10.8. The molecule has 3 rings (SSSR count). The average molecular weight is 315 g/mol. The van der Waals surface area contributed by atoms with Crippen molar-refractivity contribution in [2.75, 3.05) is 20.3 Å². The van der Waals surface area contributed by atoms with Crippen LogP contribution in [0.2, 0.25) is 0 Å². The summed E-state index contributed by atoms with van der Waals surface area (Å²) in [5, 5.41) is 4.79. The van der Waals surface area contributed by atoms with Crippen LogP contribution in [-0.2, 0) is 22.1 Å². The summed E-state index contributed by atoms with van der Waals surface area (Å²) in [5.41, 5.74) is 0.946. The molecule has 1 aliphatic heterocycles. The number of nitrogens with zero attached hydrogens (tertiary/aromatic N) is 3. The standard InChI is InChI=1S/C18H25N3O2/c1-17(2,3)21-16(18(4)11-23-12-18)19-15(20-21)10-13-8-6-7-9-14(13)22-5/h6-9H,10-12H2,1-5H3. The Balaban J connectivity index is 1.98. The lowest BCUT2D eigenvalue weighted by Gasteiger charge is -2.38. The van der Waals surface area contributed by atoms with E-state index in [1.165, 1.54) is 0 Å². The first-order valence-electron chi connectivity index (χ1n) is 8.00. The van der Waals surface area contributed by atoms with Crippen LogP contribution in [0.4, 0.5) is 0 Å². The number of para-hydroxylation sites is 1. The van der Waals surface area contributed by atoms with Crippen molar-refractivity contribution in [2.45, 2.75) is 45.1 Å². The predicted molar refractivity (Wildman–Crippen MR) is 89.0 cm³/mol. The van der Waals surface area contributed by atoms with E-state index in [-0.39, 0.29) is 11.0 Å². The third kappa shape index (κ3) is 2.98. The SMILES string of the molecule is COc1ccccc1Cc1nc(C2(C)COC2)n(C(C)(C)C)n1. The molecule has 1 aliphatic rings. The minimum Gasteiger partial charge on any atom is -0.496 e. The van der Waals surface area contributed by atoms with E-state index in [1.54, 1.807) is 7.11 Å². The molecule has 2 heterocycles. The van der Waals surface area contributed by atoms with Crippen LogP contribution in [-0.4, -0.2) is 35.1 Å². The normalized spacial score (nSPS) is 16.9. The van der Waals surface area contributed by atoms with Crippen LogP contribution in [0, 0.1) is 0 Å². The van der Waals surface area contributed by atoms with Gasteiger partial charge in [-0.3, -0.25) is 0 Å². The Bertz CT molecular complexity index is 697. The molecule has 2 aromatic rings. The summed E-state index contributed by atoms with van der Waals surface area (Å²) < 4.78 is 12.9. The molecule has 0 amide bonds. The van der Waals surface area contributed by atoms with Gasteiger partial charge in [0.05, 0.1) is 31.3 Å². The topological polar surface area (TPSA) is 49.2 Å². The fourth-order valence-electron chi connectivity index (χ4n) is 2.84. The molecule has 0 radical (unpaired) electrons. The first-order valence-corrected chi connectivity index (χ1v) is 8.00. The third-order valence-electron chi connectivity index (χ3n) is 4.21. The van der Waals surface area contributed by atoms with Crippen molar-refractivity contribution < 1.29 is 9.47 Å². The minimum atomic E-state index is -0.111. The van der Waals surface area contributed by atoms with Crippen LogP contribution in [0.3, 0.4) is 0 Å². The highest BCUT2D eigenvalue weighted by molar-refractivity contribution is 5.35. The Kier molecular flexibility index (Phi) is 3.92. The average Bonchev–Trinajstić information content (AvgIpc) is 2.90. The third-order valence-corrected chi connectivity index (χ3v) is 4.21. The van der Waals surface area contributed by atoms with Gasteiger partial charge in [0.15, 0.2) is 5.82 Å². The summed E-state index contributed by atoms with van der Waals surface area (Å²) in [5.74, 6) is 2.72. The van der Waals surface area contributed by atoms with Crippen LogP contribution in [0.25, 0.3) is 0 Å². The zero-order valence-electron chi connectivity index (χ0n) is 14.6. The molecule has 1 aromatic carbocycles. The summed E-state index contributed by atoms with van der Waals surface area (Å²) in [6, 6.07) is 8.02. The quantitative estimate of drug-likeness (QED) is 0.870. The van der Waals surface area contributed by atoms with Crippen molar-refractivity contribution in [3.8, 4) is 5.75 Å². The molecule has 1 saturated heterocycles. The largest absolute Gasteiger partial charge is 0.496 e. The van der Waals surface area contributed by atoms with Crippen molar-refractivity contribution in [2.24, 2.45) is 0 Å². The van der Waals surface area contributed by atoms with Gasteiger partial charge in [0.1, 0.15) is 11.6 Å². The molecule has 0 atom stereocenters. The second-order valence-electron chi connectivity index (χ2n) is 7.48. The fraction of sp³-hybridized carbons (Fsp3) is 0.556. The molecule has 0 bridgehead atoms. The van der Waals surface area contributed by atoms with Crippen molar-refractivity contribution in [3.05, 3.63) is 41.5 Å². The molecular weight excluding hydrogens is 290 g/mol. The molecule has 23 heavy (non-hydrogen) atoms. The maximum atomic E-state index is 5.44. The minimum absolute atomic E-state index is 0.0424. The number of rotatable bonds is 4. The second kappa shape index (κ2) is 5.64. The summed E-state index contributed by atoms with van der Waals surface area (Å²) in [4.78, 5) is 4.86. The molecule has 0 N–H and O–H groups in total. The smallest absolute Gasteiger partial charge is 0.155 e. The Morgan fingerprint density at radius 1 is 1.26 bits per heavy atom. The highest BCUT2D eigenvalue weighted by atomic mass is 16.5. The van der Waals surface area contributed by atoms with Gasteiger partial charge in [0.25, 0.3) is 0 Å². The van der Waals surface area contributed by atoms with E-state index in [9.17, 15) is 0 Å². The summed E-state index contributed by atoms with van der Waals surface area (Å²) in [7, 11) is 1.69. The Morgan fingerprint density at radius 2 is 1.96 bits per heavy atom. The number of hydrogen-bond donors (Lipinski definition) is 0. The Labute approximate surface area is 137 Å². The molecule has 1 aromatic heterocycles. The first kappa shape index (κ1) is 16.0. The van der Waals surface area contributed by atoms with Crippen LogP contribution < -0.4 is 4.74 Å². The van der Waals surface area contributed by atoms with E-state index in [4.69, 9.17) is 19.6 Å². The van der Waals surface area contributed by atoms with Gasteiger partial charge in [-0.1, -0.05) is 18.2 Å². The highest BCUT2D eigenvalue weighted by Crippen LogP contribution is 2.33. The van der Waals surface area contributed by atoms with E-state index < -0.39 is 0 Å². The Morgan fingerprint density at radius 3 is 2.52 bits per heavy atom. The molecule has 0 aliphatic carbocycles. The van der Waals surface area contributed by atoms with Crippen LogP contribution in [0.1, 0.15) is 44.9 Å². The van der Waals surface area contributed by atoms with Crippen molar-refractivity contribution in [3.63, 3.8) is 0 Å². The van der Waals surface area contributed by atoms with Crippen molar-refractivity contribution >= 4 is 0 Å². The van der Waals surface area contributed by atoms with Gasteiger partial charge in [-0.15, -0.1) is 0 Å². The lowest BCUT2D eigenvalue weighted by atomic mass is 9.87. The van der Waals surface area contributed by atoms with Gasteiger partial charge in [0.2, 0.25) is 0 Å². The number of hydrogen-bond acceptors (Lipinski definition) is 4. The molecule has 5 nitrogen and oxygen atoms in total. The second-order valence-corrected chi connectivity index (χ2v) is 7.48. The van der Waals surface area contributed by atoms with Crippen molar-refractivity contribution in [1.29, 1.82) is 0 Å². The lowest BCUT2D eigenvalue weighted by molar-refractivity contribution is -0.0578. The van der Waals surface area contributed by atoms with Gasteiger partial charge >= 0.3 is 0 Å². The van der Waals surface area contributed by atoms with E-state index in [0.717, 1.165) is 23.0 Å². The molecule has 124 valence electrons. The molecule has 0 spiro atoms. The molecule has 0 saturated carbocycles. The van der Waals surface area contributed by atoms with E-state index >= 15 is 0 Å². The van der Waals surface area contributed by atoms with E-state index in [2.05, 4.69) is 38.4 Å². The van der Waals surface area contributed by atoms with Gasteiger partial charge in [-0.25, -0.2) is 9.67 Å². The van der Waals surface area contributed by atoms with Crippen LogP contribution in [0.5, 0.6) is 5.75 Å². The maximum absolute atomic E-state index is 5.44. The monoisotopic (exact) mass is 315 g/mol. The van der Waals surface area contributed by atoms with Crippen LogP contribution in [0.15, 0.2) is 24.3 Å². The van der Waals surface area contributed by atoms with Gasteiger partial charge in [-0.2, -0.15) is 5.10 Å². The molecular formula is C18H25N3O2. The number of methoxy groups -OCH3 is 1. The Hall–Kier alpha value is -1.88. The maximum Gasteiger partial charge on any atom is 0.155 e. The summed E-state index contributed by atoms with van der Waals surface area (Å²) in [6.45, 7) is 10.1. The lowest BCUT2D eigenvalue weighted by Crippen LogP contribution is -2.47. The van der Waals surface area contributed by atoms with Crippen molar-refractivity contribution in [1.82, 2.24) is 14.8 Å². The summed E-state index contributed by atoms with van der Waals surface area (Å²) >= 11 is 0. The zero-order valence-corrected chi connectivity index (χ0v) is 14.6. The number of aromatic nitrogens is 3. The molecule has 1 fully saturated rings. The van der Waals surface area contributed by atoms with E-state index in [1.807, 2.05) is 18.2 Å². The number of ether oxygens (including phenoxy) is 2. The predicted octanol–water partition coefficient (Wildman–Crippen LogP) is 2.92. The van der Waals surface area contributed by atoms with E-state index in [0.29, 0.717) is 19.6 Å². The van der Waals surface area contributed by atoms with Gasteiger partial charge in [0, 0.05) is 12.0 Å². The zero-order chi connectivity index (χ0) is 16.7. The number of benzene rings is 1.